The van der Waals surface area contributed by atoms with Crippen LogP contribution < -0.4 is 0 Å². The maximum absolute atomic E-state index is 11.9. The Bertz CT molecular complexity index is 1410. The Labute approximate surface area is 226 Å². The first-order chi connectivity index (χ1) is 17.9. The monoisotopic (exact) mass is 530 g/mol. The number of carbonyl (C=O) groups excluding carboxylic acids is 1. The molecule has 0 fully saturated rings. The summed E-state index contributed by atoms with van der Waals surface area (Å²) < 4.78 is 4.83. The molecule has 6 heteroatoms. The number of methoxy groups -OCH3 is 1. The lowest BCUT2D eigenvalue weighted by molar-refractivity contribution is -0.133. The van der Waals surface area contributed by atoms with E-state index in [0.29, 0.717) is 26.7 Å². The summed E-state index contributed by atoms with van der Waals surface area (Å²) in [6.07, 6.45) is 3.32. The van der Waals surface area contributed by atoms with E-state index in [-0.39, 0.29) is 11.5 Å². The third kappa shape index (κ3) is 7.94. The number of carboxylic acids is 1. The molecule has 0 aliphatic carbocycles. The molecule has 4 nitrogen and oxygen atoms in total. The molecule has 0 unspecified atom stereocenters. The fraction of sp³-hybridized carbons (Fsp3) is 0.0323. The molecule has 4 aromatic carbocycles. The molecular formula is C31H24Cl2O4. The van der Waals surface area contributed by atoms with E-state index in [0.717, 1.165) is 11.1 Å². The van der Waals surface area contributed by atoms with Crippen molar-refractivity contribution in [2.75, 3.05) is 7.11 Å². The van der Waals surface area contributed by atoms with Crippen molar-refractivity contribution in [3.63, 3.8) is 0 Å². The number of halogens is 2. The number of hydrogen-bond acceptors (Lipinski definition) is 3. The van der Waals surface area contributed by atoms with Crippen LogP contribution in [0.15, 0.2) is 109 Å². The molecule has 0 atom stereocenters. The van der Waals surface area contributed by atoms with Crippen LogP contribution in [-0.2, 0) is 14.3 Å². The number of hydrogen-bond donors (Lipinski definition) is 1. The first-order valence-electron chi connectivity index (χ1n) is 11.3. The van der Waals surface area contributed by atoms with Crippen molar-refractivity contribution < 1.29 is 19.4 Å². The lowest BCUT2D eigenvalue weighted by atomic mass is 10.0. The Morgan fingerprint density at radius 1 is 0.622 bits per heavy atom. The van der Waals surface area contributed by atoms with Crippen LogP contribution in [0.4, 0.5) is 0 Å². The predicted octanol–water partition coefficient (Wildman–Crippen LogP) is 8.02. The summed E-state index contributed by atoms with van der Waals surface area (Å²) in [6, 6.07) is 32.9. The molecule has 4 rings (SSSR count). The largest absolute Gasteiger partial charge is 0.478 e. The average molecular weight is 531 g/mol. The van der Waals surface area contributed by atoms with Gasteiger partial charge in [0.15, 0.2) is 0 Å². The minimum atomic E-state index is -0.971. The van der Waals surface area contributed by atoms with Crippen LogP contribution >= 0.6 is 23.2 Å². The predicted molar refractivity (Wildman–Crippen MR) is 151 cm³/mol. The standard InChI is InChI=1S/C16H13ClO2.C15H11ClO2/c1-19-16(18)14(12-7-3-2-4-8-12)11-13-9-5-6-10-15(13)17;16-14-9-5-4-8-12(14)10-13(15(17)18)11-6-2-1-3-7-11/h2-11H,1H3;1-10H,(H,17,18). The zero-order chi connectivity index (χ0) is 26.6. The maximum atomic E-state index is 11.9. The van der Waals surface area contributed by atoms with E-state index in [4.69, 9.17) is 27.9 Å². The van der Waals surface area contributed by atoms with Crippen LogP contribution in [0.1, 0.15) is 22.3 Å². The van der Waals surface area contributed by atoms with Gasteiger partial charge in [0.05, 0.1) is 18.3 Å². The summed E-state index contributed by atoms with van der Waals surface area (Å²) >= 11 is 12.1. The Kier molecular flexibility index (Phi) is 10.3. The van der Waals surface area contributed by atoms with E-state index < -0.39 is 5.97 Å². The Morgan fingerprint density at radius 2 is 1.00 bits per heavy atom. The number of aliphatic carboxylic acids is 1. The lowest BCUT2D eigenvalue weighted by Gasteiger charge is -2.06. The molecule has 0 radical (unpaired) electrons. The van der Waals surface area contributed by atoms with Crippen LogP contribution in [0, 0.1) is 0 Å². The number of ether oxygens (including phenoxy) is 1. The van der Waals surface area contributed by atoms with Crippen molar-refractivity contribution in [3.05, 3.63) is 141 Å². The molecule has 0 aliphatic heterocycles. The van der Waals surface area contributed by atoms with Gasteiger partial charge in [-0.05, 0) is 46.5 Å². The minimum Gasteiger partial charge on any atom is -0.478 e. The molecule has 4 aromatic rings. The average Bonchev–Trinajstić information content (AvgIpc) is 2.93. The van der Waals surface area contributed by atoms with Crippen molar-refractivity contribution in [2.45, 2.75) is 0 Å². The number of rotatable bonds is 6. The Hall–Kier alpha value is -4.12. The second-order valence-corrected chi connectivity index (χ2v) is 8.50. The first kappa shape index (κ1) is 27.5. The molecule has 0 heterocycles. The van der Waals surface area contributed by atoms with Crippen molar-refractivity contribution in [1.82, 2.24) is 0 Å². The van der Waals surface area contributed by atoms with Gasteiger partial charge >= 0.3 is 11.9 Å². The highest BCUT2D eigenvalue weighted by molar-refractivity contribution is 6.33. The van der Waals surface area contributed by atoms with E-state index in [1.807, 2.05) is 66.7 Å². The van der Waals surface area contributed by atoms with E-state index in [2.05, 4.69) is 0 Å². The molecule has 0 saturated carbocycles. The Balaban J connectivity index is 0.000000206. The summed E-state index contributed by atoms with van der Waals surface area (Å²) in [5.41, 5.74) is 3.65. The fourth-order valence-electron chi connectivity index (χ4n) is 3.37. The van der Waals surface area contributed by atoms with Gasteiger partial charge in [-0.2, -0.15) is 0 Å². The molecule has 0 aromatic heterocycles. The molecule has 1 N–H and O–H groups in total. The van der Waals surface area contributed by atoms with Crippen LogP contribution in [0.5, 0.6) is 0 Å². The van der Waals surface area contributed by atoms with Crippen molar-refractivity contribution in [1.29, 1.82) is 0 Å². The molecule has 0 saturated heterocycles. The molecule has 0 amide bonds. The minimum absolute atomic E-state index is 0.226. The third-order valence-electron chi connectivity index (χ3n) is 5.22. The second-order valence-electron chi connectivity index (χ2n) is 7.69. The summed E-state index contributed by atoms with van der Waals surface area (Å²) in [5, 5.41) is 10.4. The van der Waals surface area contributed by atoms with Gasteiger partial charge in [-0.3, -0.25) is 0 Å². The first-order valence-corrected chi connectivity index (χ1v) is 12.0. The molecule has 0 spiro atoms. The highest BCUT2D eigenvalue weighted by atomic mass is 35.5. The summed E-state index contributed by atoms with van der Waals surface area (Å²) in [6.45, 7) is 0. The van der Waals surface area contributed by atoms with Gasteiger partial charge in [-0.25, -0.2) is 9.59 Å². The fourth-order valence-corrected chi connectivity index (χ4v) is 3.75. The quantitative estimate of drug-likeness (QED) is 0.156. The van der Waals surface area contributed by atoms with Crippen LogP contribution in [-0.4, -0.2) is 24.2 Å². The number of benzene rings is 4. The van der Waals surface area contributed by atoms with Crippen LogP contribution in [0.25, 0.3) is 23.3 Å². The van der Waals surface area contributed by atoms with Gasteiger partial charge < -0.3 is 9.84 Å². The zero-order valence-corrected chi connectivity index (χ0v) is 21.5. The third-order valence-corrected chi connectivity index (χ3v) is 5.90. The van der Waals surface area contributed by atoms with Gasteiger partial charge in [0.1, 0.15) is 0 Å². The lowest BCUT2D eigenvalue weighted by Crippen LogP contribution is -2.03. The Morgan fingerprint density at radius 3 is 1.41 bits per heavy atom. The van der Waals surface area contributed by atoms with Crippen molar-refractivity contribution in [3.8, 4) is 0 Å². The van der Waals surface area contributed by atoms with E-state index in [9.17, 15) is 14.7 Å². The van der Waals surface area contributed by atoms with E-state index in [1.165, 1.54) is 7.11 Å². The summed E-state index contributed by atoms with van der Waals surface area (Å²) in [4.78, 5) is 23.2. The zero-order valence-electron chi connectivity index (χ0n) is 20.0. The van der Waals surface area contributed by atoms with Crippen molar-refractivity contribution in [2.24, 2.45) is 0 Å². The van der Waals surface area contributed by atoms with Crippen molar-refractivity contribution >= 4 is 58.4 Å². The molecule has 0 aliphatic rings. The SMILES string of the molecule is COC(=O)C(=Cc1ccccc1Cl)c1ccccc1.O=C(O)C(=Cc1ccccc1Cl)c1ccccc1. The number of esters is 1. The molecule has 186 valence electrons. The van der Waals surface area contributed by atoms with E-state index in [1.54, 1.807) is 54.6 Å². The normalized spacial score (nSPS) is 11.2. The molecule has 37 heavy (non-hydrogen) atoms. The second kappa shape index (κ2) is 13.8. The van der Waals surface area contributed by atoms with Crippen LogP contribution in [0.2, 0.25) is 10.0 Å². The van der Waals surface area contributed by atoms with Gasteiger partial charge in [-0.1, -0.05) is 120 Å². The summed E-state index contributed by atoms with van der Waals surface area (Å²) in [5.74, 6) is -1.35. The molecular weight excluding hydrogens is 507 g/mol. The van der Waals surface area contributed by atoms with Crippen LogP contribution in [0.3, 0.4) is 0 Å². The molecule has 0 bridgehead atoms. The maximum Gasteiger partial charge on any atom is 0.338 e. The highest BCUT2D eigenvalue weighted by Gasteiger charge is 2.13. The number of carbonyl (C=O) groups is 2. The van der Waals surface area contributed by atoms with E-state index >= 15 is 0 Å². The number of carboxylic acid groups (broad SMARTS) is 1. The van der Waals surface area contributed by atoms with Gasteiger partial charge in [0.25, 0.3) is 0 Å². The van der Waals surface area contributed by atoms with Gasteiger partial charge in [0, 0.05) is 10.0 Å². The van der Waals surface area contributed by atoms with Gasteiger partial charge in [0.2, 0.25) is 0 Å². The smallest absolute Gasteiger partial charge is 0.338 e. The van der Waals surface area contributed by atoms with Gasteiger partial charge in [-0.15, -0.1) is 0 Å². The summed E-state index contributed by atoms with van der Waals surface area (Å²) in [7, 11) is 1.37. The highest BCUT2D eigenvalue weighted by Crippen LogP contribution is 2.24. The topological polar surface area (TPSA) is 63.6 Å².